The normalized spacial score (nSPS) is 26.5. The molecule has 0 N–H and O–H groups in total. The Balaban J connectivity index is 2.37. The van der Waals surface area contributed by atoms with E-state index in [0.717, 1.165) is 5.70 Å². The van der Waals surface area contributed by atoms with Crippen LogP contribution in [0.4, 0.5) is 0 Å². The number of hydrogen-bond acceptors (Lipinski definition) is 3. The van der Waals surface area contributed by atoms with Crippen molar-refractivity contribution in [2.75, 3.05) is 0 Å². The summed E-state index contributed by atoms with van der Waals surface area (Å²) in [6.45, 7) is 0. The molecule has 3 nitrogen and oxygen atoms in total. The van der Waals surface area contributed by atoms with Gasteiger partial charge in [0.05, 0.1) is 11.6 Å². The number of rotatable bonds is 0. The Morgan fingerprint density at radius 3 is 3.33 bits per heavy atom. The lowest BCUT2D eigenvalue weighted by atomic mass is 9.93. The van der Waals surface area contributed by atoms with Crippen molar-refractivity contribution in [1.82, 2.24) is 0 Å². The molecule has 1 aliphatic carbocycles. The lowest BCUT2D eigenvalue weighted by Crippen LogP contribution is -2.14. The second kappa shape index (κ2) is 2.85. The molecule has 0 amide bonds. The van der Waals surface area contributed by atoms with Crippen molar-refractivity contribution >= 4 is 5.78 Å². The minimum Gasteiger partial charge on any atom is -0.294 e. The molecule has 0 radical (unpaired) electrons. The SMILES string of the molecule is O=C1C=CC=C2N=NC=CCC12. The summed E-state index contributed by atoms with van der Waals surface area (Å²) in [5.41, 5.74) is 0.771. The minimum atomic E-state index is -0.0995. The van der Waals surface area contributed by atoms with Crippen LogP contribution in [0.1, 0.15) is 6.42 Å². The van der Waals surface area contributed by atoms with Gasteiger partial charge in [0.1, 0.15) is 0 Å². The van der Waals surface area contributed by atoms with Crippen LogP contribution in [0.15, 0.2) is 46.4 Å². The van der Waals surface area contributed by atoms with E-state index in [4.69, 9.17) is 0 Å². The van der Waals surface area contributed by atoms with Gasteiger partial charge in [0.15, 0.2) is 5.78 Å². The summed E-state index contributed by atoms with van der Waals surface area (Å²) in [4.78, 5) is 11.3. The fraction of sp³-hybridized carbons (Fsp3) is 0.222. The fourth-order valence-electron chi connectivity index (χ4n) is 1.30. The van der Waals surface area contributed by atoms with Crippen LogP contribution in [0.5, 0.6) is 0 Å². The summed E-state index contributed by atoms with van der Waals surface area (Å²) < 4.78 is 0. The Morgan fingerprint density at radius 2 is 2.42 bits per heavy atom. The molecule has 2 rings (SSSR count). The second-order valence-corrected chi connectivity index (χ2v) is 2.74. The predicted molar refractivity (Wildman–Crippen MR) is 44.3 cm³/mol. The third-order valence-electron chi connectivity index (χ3n) is 1.95. The van der Waals surface area contributed by atoms with Crippen molar-refractivity contribution in [3.63, 3.8) is 0 Å². The van der Waals surface area contributed by atoms with Gasteiger partial charge in [-0.15, -0.1) is 0 Å². The van der Waals surface area contributed by atoms with Crippen LogP contribution in [0, 0.1) is 5.92 Å². The molecule has 0 saturated carbocycles. The first-order valence-corrected chi connectivity index (χ1v) is 3.86. The summed E-state index contributed by atoms with van der Waals surface area (Å²) >= 11 is 0. The fourth-order valence-corrected chi connectivity index (χ4v) is 1.30. The van der Waals surface area contributed by atoms with E-state index in [1.54, 1.807) is 18.4 Å². The van der Waals surface area contributed by atoms with E-state index in [2.05, 4.69) is 10.2 Å². The summed E-state index contributed by atoms with van der Waals surface area (Å²) in [7, 11) is 0. The Morgan fingerprint density at radius 1 is 1.50 bits per heavy atom. The average molecular weight is 160 g/mol. The van der Waals surface area contributed by atoms with Crippen molar-refractivity contribution in [3.05, 3.63) is 36.2 Å². The smallest absolute Gasteiger partial charge is 0.165 e. The van der Waals surface area contributed by atoms with Crippen LogP contribution >= 0.6 is 0 Å². The molecule has 0 aromatic rings. The van der Waals surface area contributed by atoms with Gasteiger partial charge in [-0.05, 0) is 18.6 Å². The van der Waals surface area contributed by atoms with E-state index >= 15 is 0 Å². The van der Waals surface area contributed by atoms with Crippen LogP contribution in [-0.4, -0.2) is 5.78 Å². The first-order valence-electron chi connectivity index (χ1n) is 3.86. The standard InChI is InChI=1S/C9H8N2O/c12-9-5-1-4-8-7(9)3-2-6-10-11-8/h1-2,4-7H,3H2. The van der Waals surface area contributed by atoms with Gasteiger partial charge in [-0.2, -0.15) is 10.2 Å². The molecule has 0 fully saturated rings. The van der Waals surface area contributed by atoms with Crippen LogP contribution in [0.2, 0.25) is 0 Å². The van der Waals surface area contributed by atoms with Crippen molar-refractivity contribution in [2.45, 2.75) is 6.42 Å². The molecule has 60 valence electrons. The highest BCUT2D eigenvalue weighted by atomic mass is 16.1. The molecule has 0 saturated heterocycles. The molecular formula is C9H8N2O. The summed E-state index contributed by atoms with van der Waals surface area (Å²) in [5.74, 6) is 0.0236. The Labute approximate surface area is 70.2 Å². The summed E-state index contributed by atoms with van der Waals surface area (Å²) in [6.07, 6.45) is 9.35. The van der Waals surface area contributed by atoms with Crippen LogP contribution in [0.3, 0.4) is 0 Å². The first kappa shape index (κ1) is 7.16. The van der Waals surface area contributed by atoms with Crippen molar-refractivity contribution in [2.24, 2.45) is 16.1 Å². The highest BCUT2D eigenvalue weighted by Crippen LogP contribution is 2.24. The number of carbonyl (C=O) groups excluding carboxylic acids is 1. The lowest BCUT2D eigenvalue weighted by Gasteiger charge is -2.12. The van der Waals surface area contributed by atoms with E-state index < -0.39 is 0 Å². The average Bonchev–Trinajstić information content (AvgIpc) is 2.30. The van der Waals surface area contributed by atoms with Gasteiger partial charge in [0.25, 0.3) is 0 Å². The van der Waals surface area contributed by atoms with E-state index in [1.807, 2.05) is 12.2 Å². The number of nitrogens with zero attached hydrogens (tertiary/aromatic N) is 2. The molecule has 0 spiro atoms. The molecule has 3 heteroatoms. The second-order valence-electron chi connectivity index (χ2n) is 2.74. The third-order valence-corrected chi connectivity index (χ3v) is 1.95. The molecule has 2 aliphatic rings. The number of ketones is 1. The van der Waals surface area contributed by atoms with E-state index in [-0.39, 0.29) is 11.7 Å². The maximum absolute atomic E-state index is 11.3. The van der Waals surface area contributed by atoms with E-state index in [0.29, 0.717) is 6.42 Å². The first-order chi connectivity index (χ1) is 5.88. The molecule has 1 atom stereocenters. The maximum atomic E-state index is 11.3. The van der Waals surface area contributed by atoms with Gasteiger partial charge >= 0.3 is 0 Å². The number of allylic oxidation sites excluding steroid dienone is 5. The van der Waals surface area contributed by atoms with E-state index in [9.17, 15) is 4.79 Å². The van der Waals surface area contributed by atoms with Gasteiger partial charge in [-0.1, -0.05) is 12.2 Å². The number of fused-ring (bicyclic) bond motifs is 1. The van der Waals surface area contributed by atoms with Gasteiger partial charge in [0.2, 0.25) is 0 Å². The van der Waals surface area contributed by atoms with Gasteiger partial charge < -0.3 is 0 Å². The largest absolute Gasteiger partial charge is 0.294 e. The van der Waals surface area contributed by atoms with Crippen molar-refractivity contribution < 1.29 is 4.79 Å². The Bertz CT molecular complexity index is 323. The molecule has 1 heterocycles. The molecular weight excluding hydrogens is 152 g/mol. The van der Waals surface area contributed by atoms with Crippen LogP contribution in [-0.2, 0) is 4.79 Å². The number of azo groups is 1. The zero-order valence-electron chi connectivity index (χ0n) is 6.47. The summed E-state index contributed by atoms with van der Waals surface area (Å²) in [5, 5.41) is 7.70. The van der Waals surface area contributed by atoms with Gasteiger partial charge in [-0.25, -0.2) is 0 Å². The topological polar surface area (TPSA) is 41.8 Å². The van der Waals surface area contributed by atoms with Crippen molar-refractivity contribution in [1.29, 1.82) is 0 Å². The van der Waals surface area contributed by atoms with E-state index in [1.165, 1.54) is 0 Å². The molecule has 0 aromatic carbocycles. The zero-order chi connectivity index (χ0) is 8.39. The van der Waals surface area contributed by atoms with Gasteiger partial charge in [0, 0.05) is 6.20 Å². The quantitative estimate of drug-likeness (QED) is 0.534. The number of carbonyl (C=O) groups is 1. The van der Waals surface area contributed by atoms with Gasteiger partial charge in [-0.3, -0.25) is 4.79 Å². The Hall–Kier alpha value is -1.51. The van der Waals surface area contributed by atoms with Crippen molar-refractivity contribution in [3.8, 4) is 0 Å². The molecule has 0 bridgehead atoms. The number of hydrogen-bond donors (Lipinski definition) is 0. The predicted octanol–water partition coefficient (Wildman–Crippen LogP) is 2.00. The highest BCUT2D eigenvalue weighted by Gasteiger charge is 2.22. The van der Waals surface area contributed by atoms with Crippen LogP contribution in [0.25, 0.3) is 0 Å². The summed E-state index contributed by atoms with van der Waals surface area (Å²) in [6, 6.07) is 0. The van der Waals surface area contributed by atoms with Crippen LogP contribution < -0.4 is 0 Å². The monoisotopic (exact) mass is 160 g/mol. The molecule has 0 aromatic heterocycles. The molecule has 1 unspecified atom stereocenters. The molecule has 12 heavy (non-hydrogen) atoms. The third kappa shape index (κ3) is 1.13. The lowest BCUT2D eigenvalue weighted by molar-refractivity contribution is -0.117. The molecule has 1 aliphatic heterocycles. The zero-order valence-corrected chi connectivity index (χ0v) is 6.47. The highest BCUT2D eigenvalue weighted by molar-refractivity contribution is 5.95. The maximum Gasteiger partial charge on any atom is 0.165 e. The Kier molecular flexibility index (Phi) is 1.70. The minimum absolute atomic E-state index is 0.0995.